The molecule has 0 aliphatic heterocycles. The maximum absolute atomic E-state index is 6.46. The van der Waals surface area contributed by atoms with Gasteiger partial charge in [0.05, 0.1) is 22.1 Å². The molecule has 8 rings (SSSR count). The monoisotopic (exact) mass is 932 g/mol. The Bertz CT molecular complexity index is 2530. The lowest BCUT2D eigenvalue weighted by Gasteiger charge is -2.21. The van der Waals surface area contributed by atoms with Crippen molar-refractivity contribution in [2.75, 3.05) is 35.4 Å². The smallest absolute Gasteiger partial charge is 0.219 e. The van der Waals surface area contributed by atoms with Gasteiger partial charge in [0, 0.05) is 81.3 Å². The number of fused-ring (bicyclic) bond motifs is 2. The summed E-state index contributed by atoms with van der Waals surface area (Å²) in [5.74, 6) is 0. The minimum absolute atomic E-state index is 0. The molecule has 0 fully saturated rings. The summed E-state index contributed by atoms with van der Waals surface area (Å²) in [7, 11) is 4.16. The van der Waals surface area contributed by atoms with Gasteiger partial charge in [-0.3, -0.25) is 0 Å². The molecule has 2 aromatic heterocycles. The van der Waals surface area contributed by atoms with Crippen LogP contribution in [-0.4, -0.2) is 14.1 Å². The largest absolute Gasteiger partial charge is 1.00 e. The van der Waals surface area contributed by atoms with E-state index in [1.807, 2.05) is 60.7 Å². The maximum Gasteiger partial charge on any atom is 0.219 e. The first kappa shape index (κ1) is 42.5. The number of halogens is 4. The second-order valence-corrected chi connectivity index (χ2v) is 15.3. The Morgan fingerprint density at radius 1 is 0.466 bits per heavy atom. The van der Waals surface area contributed by atoms with Crippen LogP contribution >= 0.6 is 23.2 Å². The van der Waals surface area contributed by atoms with Crippen LogP contribution in [0.1, 0.15) is 22.3 Å². The summed E-state index contributed by atoms with van der Waals surface area (Å²) in [6, 6.07) is 46.1. The molecule has 2 heterocycles. The quantitative estimate of drug-likeness (QED) is 0.159. The van der Waals surface area contributed by atoms with Crippen LogP contribution in [0.5, 0.6) is 0 Å². The van der Waals surface area contributed by atoms with E-state index >= 15 is 0 Å². The molecule has 4 N–H and O–H groups in total. The number of anilines is 6. The highest BCUT2D eigenvalue weighted by Gasteiger charge is 2.22. The average molecular weight is 936 g/mol. The van der Waals surface area contributed by atoms with Gasteiger partial charge in [-0.2, -0.15) is 9.13 Å². The van der Waals surface area contributed by atoms with Crippen LogP contribution in [0.4, 0.5) is 34.1 Å². The fourth-order valence-electron chi connectivity index (χ4n) is 7.69. The topological polar surface area (TPSA) is 66.3 Å². The Balaban J connectivity index is 0.00000283. The SMILES string of the molecule is Cc1c(N)ccc2c(N(C)c3ccc(Cl)cc3)cc[n+](Cc3ccc(-c4ccc(C[n+]5ccc(N(C)c6ccc(Cl)cc6)c6ccc(N)c(C)c65)cc4)cc3)c12.[Br-].[Br-]. The third kappa shape index (κ3) is 8.38. The summed E-state index contributed by atoms with van der Waals surface area (Å²) in [5, 5.41) is 3.71. The molecule has 0 spiro atoms. The molecule has 0 bridgehead atoms. The van der Waals surface area contributed by atoms with E-state index in [4.69, 9.17) is 34.7 Å². The summed E-state index contributed by atoms with van der Waals surface area (Å²) in [5.41, 5.74) is 28.0. The predicted molar refractivity (Wildman–Crippen MR) is 236 cm³/mol. The molecule has 10 heteroatoms. The lowest BCUT2D eigenvalue weighted by Crippen LogP contribution is -3.00. The number of aromatic nitrogens is 2. The average Bonchev–Trinajstić information content (AvgIpc) is 3.21. The maximum atomic E-state index is 6.46. The minimum atomic E-state index is 0. The van der Waals surface area contributed by atoms with Crippen molar-refractivity contribution in [1.82, 2.24) is 0 Å². The highest BCUT2D eigenvalue weighted by atomic mass is 79.9. The summed E-state index contributed by atoms with van der Waals surface area (Å²) >= 11 is 12.4. The number of hydrogen-bond donors (Lipinski definition) is 2. The molecular formula is C48H44Br2Cl2N6. The molecule has 0 unspecified atom stereocenters. The second kappa shape index (κ2) is 17.8. The van der Waals surface area contributed by atoms with Gasteiger partial charge in [0.25, 0.3) is 0 Å². The third-order valence-corrected chi connectivity index (χ3v) is 11.5. The number of rotatable bonds is 9. The van der Waals surface area contributed by atoms with Crippen molar-refractivity contribution in [1.29, 1.82) is 0 Å². The van der Waals surface area contributed by atoms with E-state index in [1.165, 1.54) is 22.3 Å². The summed E-state index contributed by atoms with van der Waals surface area (Å²) < 4.78 is 4.59. The number of nitrogens with zero attached hydrogens (tertiary/aromatic N) is 4. The molecule has 0 saturated carbocycles. The minimum Gasteiger partial charge on any atom is -1.00 e. The van der Waals surface area contributed by atoms with Crippen molar-refractivity contribution in [3.05, 3.63) is 178 Å². The Kier molecular flexibility index (Phi) is 13.0. The highest BCUT2D eigenvalue weighted by Crippen LogP contribution is 2.35. The van der Waals surface area contributed by atoms with E-state index in [0.29, 0.717) is 13.1 Å². The van der Waals surface area contributed by atoms with Gasteiger partial charge in [-0.25, -0.2) is 0 Å². The standard InChI is InChI=1S/C48H42Cl2N6.2BrH/c1-31-43(51)23-21-41-45(53(3)39-17-13-37(49)14-18-39)25-27-55(47(31)41)29-33-5-9-35(10-6-33)36-11-7-34(8-12-36)30-56-28-26-46(42-22-24-44(52)32(2)48(42)56)54(4)40-19-15-38(50)16-20-40;;/h5-28,51-52H,29-30H2,1-4H3;2*1H. The molecule has 0 aliphatic rings. The molecule has 0 aliphatic carbocycles. The number of aryl methyl sites for hydroxylation is 2. The molecule has 6 aromatic carbocycles. The first-order valence-electron chi connectivity index (χ1n) is 18.6. The number of nitrogens with two attached hydrogens (primary N) is 2. The fraction of sp³-hybridized carbons (Fsp3) is 0.125. The summed E-state index contributed by atoms with van der Waals surface area (Å²) in [6.07, 6.45) is 4.32. The summed E-state index contributed by atoms with van der Waals surface area (Å²) in [6.45, 7) is 5.63. The zero-order valence-corrected chi connectivity index (χ0v) is 37.4. The van der Waals surface area contributed by atoms with Crippen molar-refractivity contribution < 1.29 is 43.1 Å². The van der Waals surface area contributed by atoms with Gasteiger partial charge in [0.2, 0.25) is 11.0 Å². The van der Waals surface area contributed by atoms with E-state index in [2.05, 4.69) is 132 Å². The molecule has 0 radical (unpaired) electrons. The van der Waals surface area contributed by atoms with Gasteiger partial charge < -0.3 is 55.2 Å². The van der Waals surface area contributed by atoms with Crippen LogP contribution in [0.15, 0.2) is 146 Å². The molecule has 294 valence electrons. The zero-order chi connectivity index (χ0) is 39.1. The first-order chi connectivity index (χ1) is 27.0. The van der Waals surface area contributed by atoms with E-state index in [0.717, 1.165) is 77.1 Å². The lowest BCUT2D eigenvalue weighted by atomic mass is 10.0. The highest BCUT2D eigenvalue weighted by molar-refractivity contribution is 6.31. The molecule has 0 saturated heterocycles. The Morgan fingerprint density at radius 3 is 1.16 bits per heavy atom. The van der Waals surface area contributed by atoms with Gasteiger partial charge in [-0.1, -0.05) is 71.7 Å². The molecule has 0 amide bonds. The summed E-state index contributed by atoms with van der Waals surface area (Å²) in [4.78, 5) is 4.38. The Morgan fingerprint density at radius 2 is 0.810 bits per heavy atom. The van der Waals surface area contributed by atoms with Crippen molar-refractivity contribution in [3.8, 4) is 11.1 Å². The molecular weight excluding hydrogens is 891 g/mol. The molecule has 0 atom stereocenters. The molecule has 8 aromatic rings. The number of pyridine rings is 2. The van der Waals surface area contributed by atoms with Gasteiger partial charge in [-0.05, 0) is 97.8 Å². The number of benzene rings is 6. The molecule has 58 heavy (non-hydrogen) atoms. The van der Waals surface area contributed by atoms with Crippen LogP contribution in [0.2, 0.25) is 10.0 Å². The van der Waals surface area contributed by atoms with Crippen molar-refractivity contribution in [3.63, 3.8) is 0 Å². The van der Waals surface area contributed by atoms with Crippen molar-refractivity contribution in [2.24, 2.45) is 0 Å². The Hall–Kier alpha value is -5.12. The Labute approximate surface area is 371 Å². The molecule has 6 nitrogen and oxygen atoms in total. The van der Waals surface area contributed by atoms with Crippen molar-refractivity contribution >= 4 is 79.1 Å². The van der Waals surface area contributed by atoms with Gasteiger partial charge in [0.1, 0.15) is 0 Å². The fourth-order valence-corrected chi connectivity index (χ4v) is 7.94. The lowest BCUT2D eigenvalue weighted by molar-refractivity contribution is -0.662. The van der Waals surface area contributed by atoms with Crippen LogP contribution in [0.3, 0.4) is 0 Å². The number of hydrogen-bond acceptors (Lipinski definition) is 4. The van der Waals surface area contributed by atoms with Gasteiger partial charge in [-0.15, -0.1) is 0 Å². The van der Waals surface area contributed by atoms with Crippen LogP contribution in [-0.2, 0) is 13.1 Å². The predicted octanol–water partition coefficient (Wildman–Crippen LogP) is 4.96. The van der Waals surface area contributed by atoms with E-state index in [9.17, 15) is 0 Å². The van der Waals surface area contributed by atoms with E-state index in [1.54, 1.807) is 0 Å². The van der Waals surface area contributed by atoms with Crippen LogP contribution in [0.25, 0.3) is 32.9 Å². The third-order valence-electron chi connectivity index (χ3n) is 11.0. The first-order valence-corrected chi connectivity index (χ1v) is 19.4. The van der Waals surface area contributed by atoms with Gasteiger partial charge in [0.15, 0.2) is 25.5 Å². The van der Waals surface area contributed by atoms with E-state index < -0.39 is 0 Å². The van der Waals surface area contributed by atoms with Crippen molar-refractivity contribution in [2.45, 2.75) is 26.9 Å². The zero-order valence-electron chi connectivity index (χ0n) is 32.7. The normalized spacial score (nSPS) is 10.9. The van der Waals surface area contributed by atoms with Crippen LogP contribution < -0.4 is 64.4 Å². The van der Waals surface area contributed by atoms with Crippen LogP contribution in [0, 0.1) is 13.8 Å². The van der Waals surface area contributed by atoms with Gasteiger partial charge >= 0.3 is 0 Å². The number of nitrogen functional groups attached to an aromatic ring is 2. The van der Waals surface area contributed by atoms with E-state index in [-0.39, 0.29) is 34.0 Å². The second-order valence-electron chi connectivity index (χ2n) is 14.5.